The zero-order valence-electron chi connectivity index (χ0n) is 17.3. The molecule has 1 aromatic carbocycles. The Morgan fingerprint density at radius 1 is 1.07 bits per heavy atom. The monoisotopic (exact) mass is 390 g/mol. The van der Waals surface area contributed by atoms with Gasteiger partial charge in [-0.1, -0.05) is 0 Å². The van der Waals surface area contributed by atoms with Gasteiger partial charge in [0.1, 0.15) is 5.60 Å². The maximum Gasteiger partial charge on any atom is 0.412 e. The highest BCUT2D eigenvalue weighted by Crippen LogP contribution is 2.22. The number of amides is 2. The predicted octanol–water partition coefficient (Wildman–Crippen LogP) is 3.98. The third-order valence-electron chi connectivity index (χ3n) is 4.57. The number of carbonyl (C=O) groups is 3. The lowest BCUT2D eigenvalue weighted by molar-refractivity contribution is -0.140. The van der Waals surface area contributed by atoms with Crippen molar-refractivity contribution in [1.82, 2.24) is 4.90 Å². The Morgan fingerprint density at radius 3 is 2.18 bits per heavy atom. The number of benzene rings is 1. The summed E-state index contributed by atoms with van der Waals surface area (Å²) < 4.78 is 10.4. The number of ether oxygens (including phenoxy) is 2. The van der Waals surface area contributed by atoms with Crippen LogP contribution in [0.2, 0.25) is 0 Å². The molecule has 1 fully saturated rings. The van der Waals surface area contributed by atoms with Crippen LogP contribution in [-0.4, -0.2) is 47.2 Å². The van der Waals surface area contributed by atoms with E-state index in [0.29, 0.717) is 11.3 Å². The molecule has 1 aromatic rings. The number of anilines is 1. The second-order valence-electron chi connectivity index (χ2n) is 8.21. The van der Waals surface area contributed by atoms with Crippen molar-refractivity contribution in [3.8, 4) is 0 Å². The van der Waals surface area contributed by atoms with Gasteiger partial charge in [-0.2, -0.15) is 0 Å². The molecule has 2 rings (SSSR count). The van der Waals surface area contributed by atoms with Crippen molar-refractivity contribution >= 4 is 23.7 Å². The fourth-order valence-corrected chi connectivity index (χ4v) is 3.31. The Labute approximate surface area is 166 Å². The van der Waals surface area contributed by atoms with Crippen molar-refractivity contribution in [2.75, 3.05) is 11.9 Å². The molecular formula is C21H30N2O5. The van der Waals surface area contributed by atoms with Crippen molar-refractivity contribution in [3.63, 3.8) is 0 Å². The van der Waals surface area contributed by atoms with Crippen LogP contribution in [0.1, 0.15) is 64.2 Å². The highest BCUT2D eigenvalue weighted by Gasteiger charge is 2.29. The maximum atomic E-state index is 12.4. The lowest BCUT2D eigenvalue weighted by Gasteiger charge is -2.38. The molecule has 0 radical (unpaired) electrons. The van der Waals surface area contributed by atoms with Crippen LogP contribution in [0.25, 0.3) is 0 Å². The number of hydrogen-bond acceptors (Lipinski definition) is 5. The molecule has 154 valence electrons. The summed E-state index contributed by atoms with van der Waals surface area (Å²) in [5.41, 5.74) is 0.212. The summed E-state index contributed by atoms with van der Waals surface area (Å²) in [6.45, 7) is 9.10. The molecule has 0 spiro atoms. The Morgan fingerprint density at radius 2 is 1.64 bits per heavy atom. The standard InChI is InChI=1S/C21H30N2O5/c1-14-7-6-8-15(2)23(14)18(24)13-27-19(25)16-9-11-17(12-10-16)22-20(26)28-21(3,4)5/h9-12,14-15H,6-8,13H2,1-5H3,(H,22,26)/t14-,15+. The van der Waals surface area contributed by atoms with Gasteiger partial charge in [-0.15, -0.1) is 0 Å². The second kappa shape index (κ2) is 9.08. The van der Waals surface area contributed by atoms with E-state index < -0.39 is 17.7 Å². The van der Waals surface area contributed by atoms with Gasteiger partial charge in [-0.25, -0.2) is 9.59 Å². The first kappa shape index (κ1) is 21.7. The lowest BCUT2D eigenvalue weighted by atomic mass is 9.97. The zero-order chi connectivity index (χ0) is 20.9. The summed E-state index contributed by atoms with van der Waals surface area (Å²) in [6, 6.07) is 6.55. The van der Waals surface area contributed by atoms with Crippen LogP contribution >= 0.6 is 0 Å². The molecule has 1 heterocycles. The Hall–Kier alpha value is -2.57. The molecular weight excluding hydrogens is 360 g/mol. The Balaban J connectivity index is 1.87. The molecule has 2 atom stereocenters. The molecule has 1 aliphatic heterocycles. The van der Waals surface area contributed by atoms with Gasteiger partial charge in [-0.3, -0.25) is 10.1 Å². The first-order valence-electron chi connectivity index (χ1n) is 9.65. The fourth-order valence-electron chi connectivity index (χ4n) is 3.31. The maximum absolute atomic E-state index is 12.4. The van der Waals surface area contributed by atoms with E-state index in [2.05, 4.69) is 5.32 Å². The van der Waals surface area contributed by atoms with Gasteiger partial charge < -0.3 is 14.4 Å². The van der Waals surface area contributed by atoms with E-state index in [4.69, 9.17) is 9.47 Å². The minimum atomic E-state index is -0.594. The molecule has 0 aromatic heterocycles. The average molecular weight is 390 g/mol. The lowest BCUT2D eigenvalue weighted by Crippen LogP contribution is -2.49. The first-order chi connectivity index (χ1) is 13.1. The summed E-state index contributed by atoms with van der Waals surface area (Å²) in [6.07, 6.45) is 2.47. The molecule has 0 bridgehead atoms. The second-order valence-corrected chi connectivity index (χ2v) is 8.21. The Kier molecular flexibility index (Phi) is 7.05. The molecule has 1 N–H and O–H groups in total. The number of likely N-dealkylation sites (tertiary alicyclic amines) is 1. The number of nitrogens with one attached hydrogen (secondary N) is 1. The first-order valence-corrected chi connectivity index (χ1v) is 9.65. The van der Waals surface area contributed by atoms with E-state index in [0.717, 1.165) is 19.3 Å². The molecule has 7 heteroatoms. The molecule has 1 saturated heterocycles. The smallest absolute Gasteiger partial charge is 0.412 e. The number of esters is 1. The van der Waals surface area contributed by atoms with E-state index in [1.165, 1.54) is 12.1 Å². The molecule has 1 aliphatic rings. The van der Waals surface area contributed by atoms with Crippen LogP contribution in [0.3, 0.4) is 0 Å². The van der Waals surface area contributed by atoms with Crippen LogP contribution < -0.4 is 5.32 Å². The molecule has 0 unspecified atom stereocenters. The highest BCUT2D eigenvalue weighted by molar-refractivity contribution is 5.92. The normalized spacial score (nSPS) is 19.7. The average Bonchev–Trinajstić information content (AvgIpc) is 2.58. The van der Waals surface area contributed by atoms with E-state index >= 15 is 0 Å². The van der Waals surface area contributed by atoms with Gasteiger partial charge in [0.2, 0.25) is 0 Å². The number of carbonyl (C=O) groups excluding carboxylic acids is 3. The van der Waals surface area contributed by atoms with Crippen molar-refractivity contribution < 1.29 is 23.9 Å². The summed E-state index contributed by atoms with van der Waals surface area (Å²) in [5, 5.41) is 2.59. The van der Waals surface area contributed by atoms with Crippen LogP contribution in [0.4, 0.5) is 10.5 Å². The SMILES string of the molecule is C[C@@H]1CCC[C@H](C)N1C(=O)COC(=O)c1ccc(NC(=O)OC(C)(C)C)cc1. The van der Waals surface area contributed by atoms with Crippen molar-refractivity contribution in [2.24, 2.45) is 0 Å². The van der Waals surface area contributed by atoms with Gasteiger partial charge >= 0.3 is 12.1 Å². The summed E-state index contributed by atoms with van der Waals surface area (Å²) in [5.74, 6) is -0.745. The van der Waals surface area contributed by atoms with Gasteiger partial charge in [0.05, 0.1) is 5.56 Å². The summed E-state index contributed by atoms with van der Waals surface area (Å²) >= 11 is 0. The highest BCUT2D eigenvalue weighted by atomic mass is 16.6. The number of hydrogen-bond donors (Lipinski definition) is 1. The van der Waals surface area contributed by atoms with E-state index in [-0.39, 0.29) is 24.6 Å². The third kappa shape index (κ3) is 6.25. The van der Waals surface area contributed by atoms with Crippen LogP contribution in [0.5, 0.6) is 0 Å². The minimum Gasteiger partial charge on any atom is -0.452 e. The molecule has 0 saturated carbocycles. The van der Waals surface area contributed by atoms with Gasteiger partial charge in [-0.05, 0) is 78.1 Å². The van der Waals surface area contributed by atoms with Gasteiger partial charge in [0.25, 0.3) is 5.91 Å². The largest absolute Gasteiger partial charge is 0.452 e. The van der Waals surface area contributed by atoms with Crippen molar-refractivity contribution in [1.29, 1.82) is 0 Å². The summed E-state index contributed by atoms with van der Waals surface area (Å²) in [4.78, 5) is 38.2. The Bertz CT molecular complexity index is 699. The van der Waals surface area contributed by atoms with Gasteiger partial charge in [0.15, 0.2) is 6.61 Å². The van der Waals surface area contributed by atoms with Gasteiger partial charge in [0, 0.05) is 17.8 Å². The number of rotatable bonds is 4. The molecule has 28 heavy (non-hydrogen) atoms. The van der Waals surface area contributed by atoms with E-state index in [1.807, 2.05) is 18.7 Å². The fraction of sp³-hybridized carbons (Fsp3) is 0.571. The molecule has 7 nitrogen and oxygen atoms in total. The predicted molar refractivity (Wildman–Crippen MR) is 106 cm³/mol. The van der Waals surface area contributed by atoms with Crippen molar-refractivity contribution in [3.05, 3.63) is 29.8 Å². The van der Waals surface area contributed by atoms with E-state index in [1.54, 1.807) is 32.9 Å². The topological polar surface area (TPSA) is 84.9 Å². The van der Waals surface area contributed by atoms with Crippen LogP contribution in [-0.2, 0) is 14.3 Å². The third-order valence-corrected chi connectivity index (χ3v) is 4.57. The van der Waals surface area contributed by atoms with Crippen LogP contribution in [0.15, 0.2) is 24.3 Å². The minimum absolute atomic E-state index is 0.160. The van der Waals surface area contributed by atoms with E-state index in [9.17, 15) is 14.4 Å². The molecule has 2 amide bonds. The number of nitrogens with zero attached hydrogens (tertiary/aromatic N) is 1. The van der Waals surface area contributed by atoms with Crippen molar-refractivity contribution in [2.45, 2.75) is 71.6 Å². The number of piperidine rings is 1. The zero-order valence-corrected chi connectivity index (χ0v) is 17.3. The van der Waals surface area contributed by atoms with Crippen LogP contribution in [0, 0.1) is 0 Å². The quantitative estimate of drug-likeness (QED) is 0.786. The summed E-state index contributed by atoms with van der Waals surface area (Å²) in [7, 11) is 0. The molecule has 0 aliphatic carbocycles.